The first-order valence-electron chi connectivity index (χ1n) is 6.35. The van der Waals surface area contributed by atoms with Gasteiger partial charge in [-0.05, 0) is 30.9 Å². The van der Waals surface area contributed by atoms with Gasteiger partial charge in [0.05, 0.1) is 4.99 Å². The van der Waals surface area contributed by atoms with Crippen LogP contribution in [0.2, 0.25) is 0 Å². The molecule has 1 aromatic rings. The van der Waals surface area contributed by atoms with Gasteiger partial charge in [0.2, 0.25) is 0 Å². The van der Waals surface area contributed by atoms with Crippen molar-refractivity contribution in [3.63, 3.8) is 0 Å². The van der Waals surface area contributed by atoms with Crippen LogP contribution in [0.1, 0.15) is 31.7 Å². The van der Waals surface area contributed by atoms with E-state index in [1.165, 1.54) is 24.1 Å². The Hall–Kier alpha value is -1.09. The van der Waals surface area contributed by atoms with Crippen molar-refractivity contribution >= 4 is 22.9 Å². The number of nitrogens with zero attached hydrogens (tertiary/aromatic N) is 1. The van der Waals surface area contributed by atoms with E-state index in [2.05, 4.69) is 36.1 Å². The zero-order valence-corrected chi connectivity index (χ0v) is 11.2. The van der Waals surface area contributed by atoms with Gasteiger partial charge in [-0.25, -0.2) is 0 Å². The zero-order chi connectivity index (χ0) is 12.3. The highest BCUT2D eigenvalue weighted by Crippen LogP contribution is 2.30. The monoisotopic (exact) mass is 248 g/mol. The number of aryl methyl sites for hydroxylation is 1. The molecule has 17 heavy (non-hydrogen) atoms. The van der Waals surface area contributed by atoms with Crippen molar-refractivity contribution in [2.24, 2.45) is 5.73 Å². The summed E-state index contributed by atoms with van der Waals surface area (Å²) in [6.07, 6.45) is 4.33. The van der Waals surface area contributed by atoms with E-state index in [4.69, 9.17) is 18.0 Å². The molecule has 0 aliphatic carbocycles. The Kier molecular flexibility index (Phi) is 4.00. The Balaban J connectivity index is 2.24. The third-order valence-electron chi connectivity index (χ3n) is 3.50. The fourth-order valence-electron chi connectivity index (χ4n) is 2.65. The first-order chi connectivity index (χ1) is 8.22. The van der Waals surface area contributed by atoms with Gasteiger partial charge >= 0.3 is 0 Å². The number of rotatable bonds is 4. The summed E-state index contributed by atoms with van der Waals surface area (Å²) in [6, 6.07) is 9.14. The van der Waals surface area contributed by atoms with Gasteiger partial charge in [0, 0.05) is 24.7 Å². The van der Waals surface area contributed by atoms with E-state index < -0.39 is 0 Å². The summed E-state index contributed by atoms with van der Waals surface area (Å²) in [6.45, 7) is 3.33. The number of para-hydroxylation sites is 1. The van der Waals surface area contributed by atoms with Crippen LogP contribution in [0, 0.1) is 0 Å². The van der Waals surface area contributed by atoms with Gasteiger partial charge < -0.3 is 10.6 Å². The lowest BCUT2D eigenvalue weighted by Crippen LogP contribution is -2.40. The van der Waals surface area contributed by atoms with Gasteiger partial charge in [0.15, 0.2) is 0 Å². The van der Waals surface area contributed by atoms with Crippen molar-refractivity contribution in [3.8, 4) is 0 Å². The van der Waals surface area contributed by atoms with Crippen LogP contribution >= 0.6 is 12.2 Å². The standard InChI is InChI=1S/C14H20N2S/c1-2-12(10-14(15)17)16-9-5-7-11-6-3-4-8-13(11)16/h3-4,6,8,12H,2,5,7,9-10H2,1H3,(H2,15,17). The van der Waals surface area contributed by atoms with Crippen molar-refractivity contribution in [1.29, 1.82) is 0 Å². The number of nitrogens with two attached hydrogens (primary N) is 1. The first-order valence-corrected chi connectivity index (χ1v) is 6.76. The average Bonchev–Trinajstić information content (AvgIpc) is 2.35. The van der Waals surface area contributed by atoms with E-state index >= 15 is 0 Å². The summed E-state index contributed by atoms with van der Waals surface area (Å²) < 4.78 is 0. The summed E-state index contributed by atoms with van der Waals surface area (Å²) in [5, 5.41) is 0. The average molecular weight is 248 g/mol. The number of hydrogen-bond acceptors (Lipinski definition) is 2. The van der Waals surface area contributed by atoms with E-state index in [-0.39, 0.29) is 0 Å². The SMILES string of the molecule is CCC(CC(N)=S)N1CCCc2ccccc21. The van der Waals surface area contributed by atoms with Gasteiger partial charge in [-0.15, -0.1) is 0 Å². The van der Waals surface area contributed by atoms with Crippen LogP contribution in [-0.4, -0.2) is 17.6 Å². The Morgan fingerprint density at radius 2 is 2.24 bits per heavy atom. The molecule has 1 aliphatic rings. The largest absolute Gasteiger partial charge is 0.393 e. The minimum Gasteiger partial charge on any atom is -0.393 e. The minimum absolute atomic E-state index is 0.453. The van der Waals surface area contributed by atoms with Crippen LogP contribution in [0.4, 0.5) is 5.69 Å². The summed E-state index contributed by atoms with van der Waals surface area (Å²) in [5.74, 6) is 0. The van der Waals surface area contributed by atoms with E-state index in [9.17, 15) is 0 Å². The Bertz CT molecular complexity index is 403. The van der Waals surface area contributed by atoms with Gasteiger partial charge in [0.1, 0.15) is 0 Å². The minimum atomic E-state index is 0.453. The van der Waals surface area contributed by atoms with Gasteiger partial charge in [-0.1, -0.05) is 37.3 Å². The molecule has 1 unspecified atom stereocenters. The molecule has 2 N–H and O–H groups in total. The van der Waals surface area contributed by atoms with Gasteiger partial charge in [-0.2, -0.15) is 0 Å². The topological polar surface area (TPSA) is 29.3 Å². The van der Waals surface area contributed by atoms with E-state index in [1.54, 1.807) is 0 Å². The summed E-state index contributed by atoms with van der Waals surface area (Å²) >= 11 is 5.06. The molecule has 0 saturated carbocycles. The molecule has 2 nitrogen and oxygen atoms in total. The van der Waals surface area contributed by atoms with Crippen LogP contribution in [0.15, 0.2) is 24.3 Å². The molecule has 0 radical (unpaired) electrons. The molecule has 0 saturated heterocycles. The van der Waals surface area contributed by atoms with Crippen LogP contribution in [0.5, 0.6) is 0 Å². The Morgan fingerprint density at radius 1 is 1.47 bits per heavy atom. The van der Waals surface area contributed by atoms with Crippen LogP contribution in [0.25, 0.3) is 0 Å². The van der Waals surface area contributed by atoms with Crippen LogP contribution in [0.3, 0.4) is 0 Å². The number of anilines is 1. The summed E-state index contributed by atoms with van der Waals surface area (Å²) in [4.78, 5) is 3.11. The highest BCUT2D eigenvalue weighted by molar-refractivity contribution is 7.80. The van der Waals surface area contributed by atoms with Crippen molar-refractivity contribution in [2.75, 3.05) is 11.4 Å². The highest BCUT2D eigenvalue weighted by Gasteiger charge is 2.22. The molecule has 0 spiro atoms. The highest BCUT2D eigenvalue weighted by atomic mass is 32.1. The van der Waals surface area contributed by atoms with E-state index in [0.717, 1.165) is 19.4 Å². The Labute approximate surface area is 109 Å². The Morgan fingerprint density at radius 3 is 2.94 bits per heavy atom. The molecule has 1 aromatic carbocycles. The van der Waals surface area contributed by atoms with Crippen LogP contribution < -0.4 is 10.6 Å². The number of thiocarbonyl (C=S) groups is 1. The zero-order valence-electron chi connectivity index (χ0n) is 10.4. The molecule has 0 fully saturated rings. The van der Waals surface area contributed by atoms with Crippen molar-refractivity contribution < 1.29 is 0 Å². The molecular weight excluding hydrogens is 228 g/mol. The normalized spacial score (nSPS) is 16.4. The molecule has 1 heterocycles. The maximum Gasteiger partial charge on any atom is 0.0747 e. The third kappa shape index (κ3) is 2.78. The van der Waals surface area contributed by atoms with Crippen molar-refractivity contribution in [3.05, 3.63) is 29.8 Å². The van der Waals surface area contributed by atoms with E-state index in [1.807, 2.05) is 0 Å². The smallest absolute Gasteiger partial charge is 0.0747 e. The molecule has 1 atom stereocenters. The molecule has 0 aromatic heterocycles. The number of hydrogen-bond donors (Lipinski definition) is 1. The lowest BCUT2D eigenvalue weighted by atomic mass is 9.98. The molecule has 1 aliphatic heterocycles. The summed E-state index contributed by atoms with van der Waals surface area (Å²) in [5.41, 5.74) is 8.54. The summed E-state index contributed by atoms with van der Waals surface area (Å²) in [7, 11) is 0. The maximum atomic E-state index is 5.70. The molecule has 92 valence electrons. The lowest BCUT2D eigenvalue weighted by molar-refractivity contribution is 0.559. The third-order valence-corrected chi connectivity index (χ3v) is 3.66. The molecule has 0 bridgehead atoms. The number of benzene rings is 1. The second-order valence-electron chi connectivity index (χ2n) is 4.66. The molecule has 0 amide bonds. The second-order valence-corrected chi connectivity index (χ2v) is 5.18. The fourth-order valence-corrected chi connectivity index (χ4v) is 2.84. The lowest BCUT2D eigenvalue weighted by Gasteiger charge is -2.37. The second kappa shape index (κ2) is 5.50. The van der Waals surface area contributed by atoms with Gasteiger partial charge in [-0.3, -0.25) is 0 Å². The van der Waals surface area contributed by atoms with Crippen LogP contribution in [-0.2, 0) is 6.42 Å². The molecule has 3 heteroatoms. The molecule has 2 rings (SSSR count). The molecular formula is C14H20N2S. The first kappa shape index (κ1) is 12.4. The van der Waals surface area contributed by atoms with Crippen molar-refractivity contribution in [1.82, 2.24) is 0 Å². The van der Waals surface area contributed by atoms with Crippen molar-refractivity contribution in [2.45, 2.75) is 38.6 Å². The fraction of sp³-hybridized carbons (Fsp3) is 0.500. The number of fused-ring (bicyclic) bond motifs is 1. The maximum absolute atomic E-state index is 5.70. The van der Waals surface area contributed by atoms with Gasteiger partial charge in [0.25, 0.3) is 0 Å². The quantitative estimate of drug-likeness (QED) is 0.831. The predicted octanol–water partition coefficient (Wildman–Crippen LogP) is 2.89. The predicted molar refractivity (Wildman–Crippen MR) is 77.6 cm³/mol. The van der Waals surface area contributed by atoms with E-state index in [0.29, 0.717) is 11.0 Å².